The first-order valence-electron chi connectivity index (χ1n) is 11.3. The number of nitrogens with two attached hydrogens (primary N) is 1. The molecule has 1 aliphatic rings. The third-order valence-corrected chi connectivity index (χ3v) is 6.12. The molecule has 3 aromatic carbocycles. The average molecular weight is 499 g/mol. The molecule has 2 unspecified atom stereocenters. The molecule has 0 aliphatic carbocycles. The van der Waals surface area contributed by atoms with Crippen LogP contribution in [0.15, 0.2) is 81.3 Å². The molecule has 0 saturated heterocycles. The van der Waals surface area contributed by atoms with Gasteiger partial charge in [0.1, 0.15) is 17.9 Å². The number of benzene rings is 3. The fourth-order valence-corrected chi connectivity index (χ4v) is 4.25. The van der Waals surface area contributed by atoms with E-state index in [9.17, 15) is 29.4 Å². The number of amides is 1. The Labute approximate surface area is 208 Å². The number of H-pyrrole nitrogens is 1. The van der Waals surface area contributed by atoms with Gasteiger partial charge in [0.15, 0.2) is 0 Å². The predicted molar refractivity (Wildman–Crippen MR) is 136 cm³/mol. The summed E-state index contributed by atoms with van der Waals surface area (Å²) >= 11 is 0. The number of hydrogen-bond donors (Lipinski definition) is 5. The summed E-state index contributed by atoms with van der Waals surface area (Å²) in [4.78, 5) is 56.9. The molecule has 0 radical (unpaired) electrons. The number of fused-ring (bicyclic) bond motifs is 2. The van der Waals surface area contributed by atoms with Crippen LogP contribution in [-0.4, -0.2) is 43.4 Å². The third kappa shape index (κ3) is 4.39. The van der Waals surface area contributed by atoms with E-state index in [-0.39, 0.29) is 23.2 Å². The summed E-state index contributed by atoms with van der Waals surface area (Å²) in [6.07, 6.45) is -1.34. The van der Waals surface area contributed by atoms with Crippen LogP contribution < -0.4 is 22.3 Å². The molecular weight excluding hydrogens is 478 g/mol. The molecule has 2 atom stereocenters. The zero-order chi connectivity index (χ0) is 26.3. The number of nitrogens with zero attached hydrogens (tertiary/aromatic N) is 2. The lowest BCUT2D eigenvalue weighted by molar-refractivity contribution is -0.141. The maximum absolute atomic E-state index is 12.9. The quantitative estimate of drug-likeness (QED) is 0.247. The monoisotopic (exact) mass is 499 g/mol. The minimum atomic E-state index is -1.31. The van der Waals surface area contributed by atoms with Crippen molar-refractivity contribution in [2.75, 3.05) is 5.73 Å². The molecule has 1 aromatic heterocycles. The van der Waals surface area contributed by atoms with Gasteiger partial charge in [-0.2, -0.15) is 0 Å². The number of carbonyl (C=O) groups excluding carboxylic acids is 1. The Balaban J connectivity index is 1.36. The number of carboxylic acid groups (broad SMARTS) is 1. The molecular formula is C26H21N5O6. The molecule has 11 nitrogen and oxygen atoms in total. The number of aliphatic carboxylic acids is 1. The summed E-state index contributed by atoms with van der Waals surface area (Å²) in [5.74, 6) is -2.07. The summed E-state index contributed by atoms with van der Waals surface area (Å²) in [6.45, 7) is 0. The molecule has 0 bridgehead atoms. The number of hydrogen-bond acceptors (Lipinski definition) is 7. The van der Waals surface area contributed by atoms with Crippen molar-refractivity contribution in [2.45, 2.75) is 18.6 Å². The van der Waals surface area contributed by atoms with E-state index in [1.165, 1.54) is 18.2 Å². The average Bonchev–Trinajstić information content (AvgIpc) is 3.22. The first-order valence-corrected chi connectivity index (χ1v) is 11.3. The number of aliphatic imine (C=N–C) groups is 1. The lowest BCUT2D eigenvalue weighted by Crippen LogP contribution is -2.46. The SMILES string of the molecule is Nc1ccc2[nH]c(=O)n(-c3ccc(CC(NC(=O)C4=Nc5ccccc5C4O)C(=O)O)cc3)c(=O)c2c1. The number of carbonyl (C=O) groups is 2. The van der Waals surface area contributed by atoms with Crippen molar-refractivity contribution < 1.29 is 19.8 Å². The maximum atomic E-state index is 12.9. The molecule has 1 amide bonds. The van der Waals surface area contributed by atoms with E-state index < -0.39 is 35.3 Å². The van der Waals surface area contributed by atoms with E-state index in [4.69, 9.17) is 5.73 Å². The van der Waals surface area contributed by atoms with Crippen molar-refractivity contribution in [2.24, 2.45) is 4.99 Å². The molecule has 6 N–H and O–H groups in total. The number of para-hydroxylation sites is 1. The largest absolute Gasteiger partial charge is 0.480 e. The van der Waals surface area contributed by atoms with Gasteiger partial charge in [-0.15, -0.1) is 0 Å². The maximum Gasteiger partial charge on any atom is 0.333 e. The first-order chi connectivity index (χ1) is 17.7. The fourth-order valence-electron chi connectivity index (χ4n) is 4.25. The summed E-state index contributed by atoms with van der Waals surface area (Å²) in [6, 6.07) is 16.1. The van der Waals surface area contributed by atoms with Crippen LogP contribution in [-0.2, 0) is 16.0 Å². The van der Waals surface area contributed by atoms with Crippen molar-refractivity contribution >= 4 is 39.9 Å². The Bertz CT molecular complexity index is 1700. The van der Waals surface area contributed by atoms with Gasteiger partial charge >= 0.3 is 11.7 Å². The van der Waals surface area contributed by atoms with E-state index in [2.05, 4.69) is 15.3 Å². The van der Waals surface area contributed by atoms with Crippen molar-refractivity contribution in [3.05, 3.63) is 98.7 Å². The van der Waals surface area contributed by atoms with Gasteiger partial charge in [-0.1, -0.05) is 30.3 Å². The predicted octanol–water partition coefficient (Wildman–Crippen LogP) is 1.19. The van der Waals surface area contributed by atoms with Gasteiger partial charge in [-0.3, -0.25) is 9.59 Å². The van der Waals surface area contributed by atoms with Crippen molar-refractivity contribution in [1.29, 1.82) is 0 Å². The second kappa shape index (κ2) is 9.21. The van der Waals surface area contributed by atoms with Gasteiger partial charge in [0, 0.05) is 17.7 Å². The van der Waals surface area contributed by atoms with E-state index in [1.54, 1.807) is 48.5 Å². The molecule has 5 rings (SSSR count). The third-order valence-electron chi connectivity index (χ3n) is 6.12. The Morgan fingerprint density at radius 3 is 2.51 bits per heavy atom. The van der Waals surface area contributed by atoms with Crippen LogP contribution in [0.4, 0.5) is 11.4 Å². The summed E-state index contributed by atoms with van der Waals surface area (Å²) in [5, 5.41) is 22.7. The molecule has 37 heavy (non-hydrogen) atoms. The normalized spacial score (nSPS) is 15.2. The molecule has 186 valence electrons. The highest BCUT2D eigenvalue weighted by atomic mass is 16.4. The Kier molecular flexibility index (Phi) is 5.90. The van der Waals surface area contributed by atoms with Crippen molar-refractivity contribution in [3.63, 3.8) is 0 Å². The topological polar surface area (TPSA) is 180 Å². The number of rotatable bonds is 6. The molecule has 4 aromatic rings. The standard InChI is InChI=1S/C26H21N5O6/c27-14-7-10-19-17(12-14)24(34)31(26(37)30-19)15-8-5-13(6-9-15)11-20(25(35)36)29-23(33)21-22(32)16-3-1-2-4-18(16)28-21/h1-10,12,20,22,32H,11,27H2,(H,29,33)(H,30,37)(H,35,36). The van der Waals surface area contributed by atoms with Crippen LogP contribution in [0.2, 0.25) is 0 Å². The van der Waals surface area contributed by atoms with Crippen LogP contribution in [0.5, 0.6) is 0 Å². The lowest BCUT2D eigenvalue weighted by Gasteiger charge is -2.16. The van der Waals surface area contributed by atoms with Crippen LogP contribution in [0, 0.1) is 0 Å². The minimum Gasteiger partial charge on any atom is -0.480 e. The lowest BCUT2D eigenvalue weighted by atomic mass is 10.0. The Morgan fingerprint density at radius 2 is 1.81 bits per heavy atom. The number of aliphatic hydroxyl groups excluding tert-OH is 1. The van der Waals surface area contributed by atoms with E-state index in [0.717, 1.165) is 4.57 Å². The molecule has 11 heteroatoms. The Morgan fingerprint density at radius 1 is 1.08 bits per heavy atom. The van der Waals surface area contributed by atoms with E-state index in [1.807, 2.05) is 0 Å². The molecule has 0 spiro atoms. The highest BCUT2D eigenvalue weighted by molar-refractivity contribution is 6.42. The van der Waals surface area contributed by atoms with Gasteiger partial charge in [0.25, 0.3) is 11.5 Å². The Hall–Kier alpha value is -5.03. The summed E-state index contributed by atoms with van der Waals surface area (Å²) < 4.78 is 0.958. The highest BCUT2D eigenvalue weighted by Crippen LogP contribution is 2.33. The van der Waals surface area contributed by atoms with Gasteiger partial charge < -0.3 is 26.2 Å². The minimum absolute atomic E-state index is 0.0861. The molecule has 0 fully saturated rings. The smallest absolute Gasteiger partial charge is 0.333 e. The number of carboxylic acids is 1. The van der Waals surface area contributed by atoms with E-state index >= 15 is 0 Å². The number of aliphatic hydroxyl groups is 1. The molecule has 0 saturated carbocycles. The second-order valence-corrected chi connectivity index (χ2v) is 8.57. The first kappa shape index (κ1) is 23.7. The molecule has 2 heterocycles. The van der Waals surface area contributed by atoms with Gasteiger partial charge in [-0.05, 0) is 42.0 Å². The van der Waals surface area contributed by atoms with Crippen LogP contribution in [0.25, 0.3) is 16.6 Å². The van der Waals surface area contributed by atoms with Gasteiger partial charge in [-0.25, -0.2) is 19.1 Å². The highest BCUT2D eigenvalue weighted by Gasteiger charge is 2.32. The number of aromatic amines is 1. The second-order valence-electron chi connectivity index (χ2n) is 8.57. The number of nitrogens with one attached hydrogen (secondary N) is 2. The number of aromatic nitrogens is 2. The van der Waals surface area contributed by atoms with Crippen molar-refractivity contribution in [1.82, 2.24) is 14.9 Å². The summed E-state index contributed by atoms with van der Waals surface area (Å²) in [7, 11) is 0. The van der Waals surface area contributed by atoms with Crippen molar-refractivity contribution in [3.8, 4) is 5.69 Å². The van der Waals surface area contributed by atoms with Crippen LogP contribution in [0.1, 0.15) is 17.2 Å². The zero-order valence-corrected chi connectivity index (χ0v) is 19.2. The van der Waals surface area contributed by atoms with Gasteiger partial charge in [0.2, 0.25) is 0 Å². The molecule has 1 aliphatic heterocycles. The van der Waals surface area contributed by atoms with Crippen LogP contribution >= 0.6 is 0 Å². The summed E-state index contributed by atoms with van der Waals surface area (Å²) in [5.41, 5.74) is 6.86. The fraction of sp³-hybridized carbons (Fsp3) is 0.115. The number of nitrogen functional groups attached to an aromatic ring is 1. The number of anilines is 1. The zero-order valence-electron chi connectivity index (χ0n) is 19.2. The van der Waals surface area contributed by atoms with E-state index in [0.29, 0.717) is 28.0 Å². The van der Waals surface area contributed by atoms with Crippen LogP contribution in [0.3, 0.4) is 0 Å². The van der Waals surface area contributed by atoms with Gasteiger partial charge in [0.05, 0.1) is 22.3 Å².